The van der Waals surface area contributed by atoms with Gasteiger partial charge in [0, 0.05) is 5.39 Å². The summed E-state index contributed by atoms with van der Waals surface area (Å²) in [4.78, 5) is 15.6. The van der Waals surface area contributed by atoms with Crippen LogP contribution in [0.5, 0.6) is 5.75 Å². The molecule has 120 valence electrons. The van der Waals surface area contributed by atoms with Crippen molar-refractivity contribution in [3.05, 3.63) is 70.9 Å². The summed E-state index contributed by atoms with van der Waals surface area (Å²) < 4.78 is 5.86. The van der Waals surface area contributed by atoms with Crippen LogP contribution >= 0.6 is 0 Å². The molecule has 5 nitrogen and oxygen atoms in total. The van der Waals surface area contributed by atoms with Crippen molar-refractivity contribution in [3.8, 4) is 24.2 Å². The van der Waals surface area contributed by atoms with Crippen molar-refractivity contribution >= 4 is 16.9 Å². The van der Waals surface area contributed by atoms with Gasteiger partial charge in [0.15, 0.2) is 5.69 Å². The van der Waals surface area contributed by atoms with Gasteiger partial charge in [0.2, 0.25) is 0 Å². The van der Waals surface area contributed by atoms with E-state index in [0.717, 1.165) is 5.56 Å². The van der Waals surface area contributed by atoms with Crippen LogP contribution in [0.3, 0.4) is 0 Å². The number of hydrogen-bond donors (Lipinski definition) is 1. The molecule has 0 radical (unpaired) electrons. The van der Waals surface area contributed by atoms with Gasteiger partial charge in [-0.1, -0.05) is 42.3 Å². The summed E-state index contributed by atoms with van der Waals surface area (Å²) in [6.45, 7) is 0.213. The number of aromatic carboxylic acids is 1. The molecule has 1 heterocycles. The summed E-state index contributed by atoms with van der Waals surface area (Å²) in [5, 5.41) is 19.2. The quantitative estimate of drug-likeness (QED) is 0.742. The highest BCUT2D eigenvalue weighted by Gasteiger charge is 2.21. The van der Waals surface area contributed by atoms with Crippen LogP contribution in [0.25, 0.3) is 10.9 Å². The van der Waals surface area contributed by atoms with E-state index in [0.29, 0.717) is 5.39 Å². The van der Waals surface area contributed by atoms with Gasteiger partial charge in [0.1, 0.15) is 24.0 Å². The summed E-state index contributed by atoms with van der Waals surface area (Å²) in [5.74, 6) is 1.33. The molecule has 3 aromatic rings. The minimum atomic E-state index is -1.27. The molecule has 0 spiro atoms. The molecule has 0 amide bonds. The van der Waals surface area contributed by atoms with Gasteiger partial charge in [-0.15, -0.1) is 6.42 Å². The molecular weight excluding hydrogens is 316 g/mol. The predicted molar refractivity (Wildman–Crippen MR) is 92.1 cm³/mol. The molecule has 0 fully saturated rings. The van der Waals surface area contributed by atoms with Crippen molar-refractivity contribution in [1.29, 1.82) is 5.26 Å². The van der Waals surface area contributed by atoms with Crippen LogP contribution in [0.4, 0.5) is 0 Å². The first-order chi connectivity index (χ1) is 12.2. The van der Waals surface area contributed by atoms with Gasteiger partial charge in [-0.2, -0.15) is 5.26 Å². The Morgan fingerprint density at radius 1 is 1.20 bits per heavy atom. The van der Waals surface area contributed by atoms with E-state index in [1.165, 1.54) is 0 Å². The van der Waals surface area contributed by atoms with Crippen LogP contribution in [0.15, 0.2) is 48.5 Å². The summed E-state index contributed by atoms with van der Waals surface area (Å²) in [6.07, 6.45) is 5.52. The minimum Gasteiger partial charge on any atom is -0.487 e. The second-order valence-corrected chi connectivity index (χ2v) is 5.20. The summed E-state index contributed by atoms with van der Waals surface area (Å²) in [6, 6.07) is 16.4. The minimum absolute atomic E-state index is 0.0611. The van der Waals surface area contributed by atoms with E-state index in [9.17, 15) is 15.2 Å². The Labute approximate surface area is 144 Å². The van der Waals surface area contributed by atoms with Gasteiger partial charge < -0.3 is 9.84 Å². The molecule has 25 heavy (non-hydrogen) atoms. The Hall–Kier alpha value is -3.83. The third kappa shape index (κ3) is 2.99. The van der Waals surface area contributed by atoms with Crippen molar-refractivity contribution in [2.75, 3.05) is 0 Å². The fourth-order valence-corrected chi connectivity index (χ4v) is 2.52. The monoisotopic (exact) mass is 328 g/mol. The first-order valence-electron chi connectivity index (χ1n) is 7.39. The molecule has 0 bridgehead atoms. The number of carboxylic acid groups (broad SMARTS) is 1. The lowest BCUT2D eigenvalue weighted by molar-refractivity contribution is 0.0690. The van der Waals surface area contributed by atoms with Crippen molar-refractivity contribution in [2.45, 2.75) is 6.61 Å². The first kappa shape index (κ1) is 16.0. The molecule has 0 aliphatic carbocycles. The van der Waals surface area contributed by atoms with Gasteiger partial charge in [-0.05, 0) is 17.7 Å². The third-order valence-corrected chi connectivity index (χ3v) is 3.66. The normalized spacial score (nSPS) is 10.0. The molecule has 0 saturated heterocycles. The summed E-state index contributed by atoms with van der Waals surface area (Å²) >= 11 is 0. The number of fused-ring (bicyclic) bond motifs is 1. The Balaban J connectivity index is 2.22. The highest BCUT2D eigenvalue weighted by molar-refractivity contribution is 5.98. The zero-order chi connectivity index (χ0) is 17.8. The van der Waals surface area contributed by atoms with Crippen LogP contribution in [-0.4, -0.2) is 16.1 Å². The lowest BCUT2D eigenvalue weighted by Gasteiger charge is -2.14. The van der Waals surface area contributed by atoms with E-state index in [1.807, 2.05) is 36.4 Å². The van der Waals surface area contributed by atoms with Gasteiger partial charge >= 0.3 is 5.97 Å². The smallest absolute Gasteiger partial charge is 0.355 e. The summed E-state index contributed by atoms with van der Waals surface area (Å²) in [7, 11) is 0. The highest BCUT2D eigenvalue weighted by atomic mass is 16.5. The van der Waals surface area contributed by atoms with Crippen LogP contribution < -0.4 is 4.74 Å². The van der Waals surface area contributed by atoms with Gasteiger partial charge in [-0.3, -0.25) is 0 Å². The number of nitrogens with zero attached hydrogens (tertiary/aromatic N) is 2. The summed E-state index contributed by atoms with van der Waals surface area (Å²) in [5.41, 5.74) is 1.17. The molecule has 3 rings (SSSR count). The number of carboxylic acids is 1. The van der Waals surface area contributed by atoms with Crippen LogP contribution in [0, 0.1) is 23.7 Å². The van der Waals surface area contributed by atoms with E-state index in [4.69, 9.17) is 11.2 Å². The van der Waals surface area contributed by atoms with Gasteiger partial charge in [-0.25, -0.2) is 9.78 Å². The maximum absolute atomic E-state index is 11.6. The fourth-order valence-electron chi connectivity index (χ4n) is 2.52. The zero-order valence-corrected chi connectivity index (χ0v) is 13.1. The Morgan fingerprint density at radius 3 is 2.60 bits per heavy atom. The molecule has 1 aromatic heterocycles. The number of para-hydroxylation sites is 1. The SMILES string of the molecule is C#Cc1c(C(=O)O)nc2c(C#N)cccc2c1OCc1ccccc1. The molecule has 2 aromatic carbocycles. The number of terminal acetylenes is 1. The standard InChI is InChI=1S/C20H12N2O3/c1-2-15-18(20(23)24)22-17-14(11-21)9-6-10-16(17)19(15)25-12-13-7-4-3-5-8-13/h1,3-10H,12H2,(H,23,24). The third-order valence-electron chi connectivity index (χ3n) is 3.66. The fraction of sp³-hybridized carbons (Fsp3) is 0.0500. The van der Waals surface area contributed by atoms with Gasteiger partial charge in [0.05, 0.1) is 11.1 Å². The van der Waals surface area contributed by atoms with Crippen molar-refractivity contribution in [2.24, 2.45) is 0 Å². The average molecular weight is 328 g/mol. The average Bonchev–Trinajstić information content (AvgIpc) is 2.65. The van der Waals surface area contributed by atoms with Crippen LogP contribution in [-0.2, 0) is 6.61 Å². The maximum Gasteiger partial charge on any atom is 0.355 e. The van der Waals surface area contributed by atoms with Gasteiger partial charge in [0.25, 0.3) is 0 Å². The van der Waals surface area contributed by atoms with Crippen molar-refractivity contribution in [1.82, 2.24) is 4.98 Å². The van der Waals surface area contributed by atoms with Crippen LogP contribution in [0.1, 0.15) is 27.2 Å². The number of benzene rings is 2. The van der Waals surface area contributed by atoms with Crippen LogP contribution in [0.2, 0.25) is 0 Å². The lowest BCUT2D eigenvalue weighted by atomic mass is 10.0. The molecule has 0 saturated carbocycles. The zero-order valence-electron chi connectivity index (χ0n) is 13.1. The molecule has 5 heteroatoms. The maximum atomic E-state index is 11.6. The topological polar surface area (TPSA) is 83.2 Å². The lowest BCUT2D eigenvalue weighted by Crippen LogP contribution is -2.08. The number of carbonyl (C=O) groups is 1. The number of ether oxygens (including phenoxy) is 1. The second kappa shape index (κ2) is 6.74. The Kier molecular flexibility index (Phi) is 4.32. The van der Waals surface area contributed by atoms with Crippen molar-refractivity contribution < 1.29 is 14.6 Å². The second-order valence-electron chi connectivity index (χ2n) is 5.20. The van der Waals surface area contributed by atoms with E-state index in [-0.39, 0.29) is 34.7 Å². The number of aromatic nitrogens is 1. The largest absolute Gasteiger partial charge is 0.487 e. The molecule has 0 aliphatic rings. The highest BCUT2D eigenvalue weighted by Crippen LogP contribution is 2.32. The molecular formula is C20H12N2O3. The molecule has 0 unspecified atom stereocenters. The molecule has 0 atom stereocenters. The Morgan fingerprint density at radius 2 is 1.96 bits per heavy atom. The number of rotatable bonds is 4. The Bertz CT molecular complexity index is 1040. The number of hydrogen-bond acceptors (Lipinski definition) is 4. The predicted octanol–water partition coefficient (Wildman–Crippen LogP) is 3.36. The van der Waals surface area contributed by atoms with E-state index >= 15 is 0 Å². The van der Waals surface area contributed by atoms with E-state index < -0.39 is 5.97 Å². The van der Waals surface area contributed by atoms with Crippen molar-refractivity contribution in [3.63, 3.8) is 0 Å². The van der Waals surface area contributed by atoms with E-state index in [1.54, 1.807) is 18.2 Å². The molecule has 0 aliphatic heterocycles. The first-order valence-corrected chi connectivity index (χ1v) is 7.39. The number of nitriles is 1. The molecule has 1 N–H and O–H groups in total. The number of pyridine rings is 1. The van der Waals surface area contributed by atoms with E-state index in [2.05, 4.69) is 10.9 Å².